The van der Waals surface area contributed by atoms with Crippen LogP contribution in [0, 0.1) is 15.9 Å². The number of halogens is 2. The number of benzene rings is 1. The summed E-state index contributed by atoms with van der Waals surface area (Å²) in [6.07, 6.45) is 1.58. The summed E-state index contributed by atoms with van der Waals surface area (Å²) in [4.78, 5) is 32.0. The number of aromatic nitrogens is 1. The third kappa shape index (κ3) is 4.96. The Bertz CT molecular complexity index is 1150. The molecule has 2 aromatic rings. The Morgan fingerprint density at radius 1 is 1.35 bits per heavy atom. The van der Waals surface area contributed by atoms with E-state index in [1.807, 2.05) is 6.92 Å². The number of esters is 1. The molecular formula is C23H25ClFN5O4. The van der Waals surface area contributed by atoms with Crippen molar-refractivity contribution < 1.29 is 18.8 Å². The van der Waals surface area contributed by atoms with Gasteiger partial charge in [-0.25, -0.2) is 14.2 Å². The second kappa shape index (κ2) is 10.5. The SMILES string of the molecule is CCOC(=O)C1=C(N)N(C)C(N(CC)Cc2ccc(Cl)nc2)=C([N+](=O)[O-])C1c1cccc(F)c1. The van der Waals surface area contributed by atoms with E-state index >= 15 is 0 Å². The van der Waals surface area contributed by atoms with Gasteiger partial charge in [-0.1, -0.05) is 29.8 Å². The first-order valence-corrected chi connectivity index (χ1v) is 11.0. The van der Waals surface area contributed by atoms with E-state index in [0.29, 0.717) is 11.7 Å². The predicted molar refractivity (Wildman–Crippen MR) is 124 cm³/mol. The molecule has 34 heavy (non-hydrogen) atoms. The van der Waals surface area contributed by atoms with E-state index in [0.717, 1.165) is 11.6 Å². The zero-order valence-electron chi connectivity index (χ0n) is 19.0. The summed E-state index contributed by atoms with van der Waals surface area (Å²) in [5.74, 6) is -2.47. The number of ether oxygens (including phenoxy) is 1. The van der Waals surface area contributed by atoms with Crippen molar-refractivity contribution in [2.75, 3.05) is 20.2 Å². The van der Waals surface area contributed by atoms with E-state index in [2.05, 4.69) is 4.98 Å². The predicted octanol–water partition coefficient (Wildman–Crippen LogP) is 3.60. The molecule has 0 amide bonds. The minimum Gasteiger partial charge on any atom is -0.463 e. The molecule has 0 aliphatic carbocycles. The number of nitrogens with two attached hydrogens (primary N) is 1. The van der Waals surface area contributed by atoms with Crippen molar-refractivity contribution in [3.05, 3.63) is 97.7 Å². The van der Waals surface area contributed by atoms with E-state index in [-0.39, 0.29) is 41.6 Å². The smallest absolute Gasteiger partial charge is 0.338 e. The minimum atomic E-state index is -1.24. The van der Waals surface area contributed by atoms with Gasteiger partial charge in [-0.15, -0.1) is 0 Å². The summed E-state index contributed by atoms with van der Waals surface area (Å²) in [5, 5.41) is 12.8. The lowest BCUT2D eigenvalue weighted by molar-refractivity contribution is -0.433. The van der Waals surface area contributed by atoms with Gasteiger partial charge in [0, 0.05) is 26.3 Å². The van der Waals surface area contributed by atoms with Gasteiger partial charge in [0.1, 0.15) is 22.7 Å². The third-order valence-corrected chi connectivity index (χ3v) is 5.69. The molecule has 1 unspecified atom stereocenters. The van der Waals surface area contributed by atoms with Gasteiger partial charge in [-0.2, -0.15) is 0 Å². The highest BCUT2D eigenvalue weighted by Gasteiger charge is 2.46. The van der Waals surface area contributed by atoms with Crippen molar-refractivity contribution in [3.63, 3.8) is 0 Å². The number of hydrogen-bond donors (Lipinski definition) is 1. The Kier molecular flexibility index (Phi) is 7.72. The molecule has 2 heterocycles. The van der Waals surface area contributed by atoms with Crippen molar-refractivity contribution in [1.29, 1.82) is 0 Å². The molecule has 180 valence electrons. The first-order chi connectivity index (χ1) is 16.2. The number of nitrogens with zero attached hydrogens (tertiary/aromatic N) is 4. The lowest BCUT2D eigenvalue weighted by atomic mass is 9.85. The van der Waals surface area contributed by atoms with Gasteiger partial charge >= 0.3 is 5.97 Å². The van der Waals surface area contributed by atoms with Crippen molar-refractivity contribution in [2.45, 2.75) is 26.3 Å². The van der Waals surface area contributed by atoms with Gasteiger partial charge in [0.05, 0.1) is 17.1 Å². The summed E-state index contributed by atoms with van der Waals surface area (Å²) < 4.78 is 19.3. The highest BCUT2D eigenvalue weighted by molar-refractivity contribution is 6.29. The van der Waals surface area contributed by atoms with Crippen molar-refractivity contribution in [2.24, 2.45) is 5.73 Å². The van der Waals surface area contributed by atoms with Crippen LogP contribution in [0.15, 0.2) is 65.5 Å². The van der Waals surface area contributed by atoms with Crippen LogP contribution in [-0.2, 0) is 16.1 Å². The molecule has 0 radical (unpaired) electrons. The number of carbonyl (C=O) groups excluding carboxylic acids is 1. The zero-order valence-corrected chi connectivity index (χ0v) is 19.8. The van der Waals surface area contributed by atoms with Crippen molar-refractivity contribution in [1.82, 2.24) is 14.8 Å². The molecule has 0 spiro atoms. The lowest BCUT2D eigenvalue weighted by Crippen LogP contribution is -2.43. The molecule has 1 aromatic carbocycles. The molecule has 0 fully saturated rings. The van der Waals surface area contributed by atoms with Gasteiger partial charge in [-0.3, -0.25) is 10.1 Å². The molecule has 1 aliphatic heterocycles. The molecule has 1 atom stereocenters. The maximum Gasteiger partial charge on any atom is 0.338 e. The fourth-order valence-corrected chi connectivity index (χ4v) is 4.05. The fourth-order valence-electron chi connectivity index (χ4n) is 3.94. The fraction of sp³-hybridized carbons (Fsp3) is 0.304. The van der Waals surface area contributed by atoms with E-state index in [9.17, 15) is 19.3 Å². The summed E-state index contributed by atoms with van der Waals surface area (Å²) in [7, 11) is 1.54. The largest absolute Gasteiger partial charge is 0.463 e. The second-order valence-electron chi connectivity index (χ2n) is 7.54. The number of nitro groups is 1. The first-order valence-electron chi connectivity index (χ1n) is 10.6. The molecule has 9 nitrogen and oxygen atoms in total. The number of pyridine rings is 1. The van der Waals surface area contributed by atoms with Crippen LogP contribution in [0.5, 0.6) is 0 Å². The molecule has 1 aliphatic rings. The van der Waals surface area contributed by atoms with E-state index in [4.69, 9.17) is 22.1 Å². The van der Waals surface area contributed by atoms with Crippen molar-refractivity contribution in [3.8, 4) is 0 Å². The Morgan fingerprint density at radius 2 is 2.09 bits per heavy atom. The van der Waals surface area contributed by atoms with E-state index < -0.39 is 22.6 Å². The summed E-state index contributed by atoms with van der Waals surface area (Å²) in [5.41, 5.74) is 6.92. The van der Waals surface area contributed by atoms with Crippen LogP contribution >= 0.6 is 11.6 Å². The topological polar surface area (TPSA) is 115 Å². The number of carbonyl (C=O) groups is 1. The molecule has 0 saturated carbocycles. The second-order valence-corrected chi connectivity index (χ2v) is 7.92. The number of allylic oxidation sites excluding steroid dienone is 1. The minimum absolute atomic E-state index is 0.0130. The summed E-state index contributed by atoms with van der Waals surface area (Å²) >= 11 is 5.88. The monoisotopic (exact) mass is 489 g/mol. The summed E-state index contributed by atoms with van der Waals surface area (Å²) in [6.45, 7) is 4.13. The van der Waals surface area contributed by atoms with Gasteiger partial charge in [0.2, 0.25) is 0 Å². The van der Waals surface area contributed by atoms with E-state index in [1.165, 1.54) is 30.1 Å². The molecule has 2 N–H and O–H groups in total. The average Bonchev–Trinajstić information content (AvgIpc) is 2.80. The molecule has 11 heteroatoms. The van der Waals surface area contributed by atoms with Gasteiger partial charge < -0.3 is 20.3 Å². The lowest BCUT2D eigenvalue weighted by Gasteiger charge is -2.38. The van der Waals surface area contributed by atoms with Crippen LogP contribution < -0.4 is 5.73 Å². The van der Waals surface area contributed by atoms with Crippen LogP contribution in [0.2, 0.25) is 5.15 Å². The highest BCUT2D eigenvalue weighted by Crippen LogP contribution is 2.42. The molecule has 0 saturated heterocycles. The Labute approximate surface area is 201 Å². The normalized spacial score (nSPS) is 16.0. The highest BCUT2D eigenvalue weighted by atomic mass is 35.5. The Morgan fingerprint density at radius 3 is 2.65 bits per heavy atom. The first kappa shape index (κ1) is 25.0. The molecule has 0 bridgehead atoms. The van der Waals surface area contributed by atoms with Gasteiger partial charge in [0.15, 0.2) is 5.82 Å². The van der Waals surface area contributed by atoms with Crippen LogP contribution in [-0.4, -0.2) is 45.9 Å². The average molecular weight is 490 g/mol. The van der Waals surface area contributed by atoms with Crippen molar-refractivity contribution >= 4 is 17.6 Å². The maximum absolute atomic E-state index is 14.2. The van der Waals surface area contributed by atoms with Crippen LogP contribution in [0.3, 0.4) is 0 Å². The third-order valence-electron chi connectivity index (χ3n) is 5.46. The Balaban J connectivity index is 2.24. The molecular weight excluding hydrogens is 465 g/mol. The number of hydrogen-bond acceptors (Lipinski definition) is 8. The molecule has 3 rings (SSSR count). The molecule has 1 aromatic heterocycles. The standard InChI is InChI=1S/C23H25ClFN5O4/c1-4-29(13-14-9-10-17(24)27-12-14)22-20(30(32)33)18(15-7-6-8-16(25)11-15)19(21(26)28(22)3)23(31)34-5-2/h6-12,18H,4-5,13,26H2,1-3H3. The van der Waals surface area contributed by atoms with Crippen LogP contribution in [0.1, 0.15) is 30.9 Å². The quantitative estimate of drug-likeness (QED) is 0.259. The van der Waals surface area contributed by atoms with Crippen LogP contribution in [0.25, 0.3) is 0 Å². The van der Waals surface area contributed by atoms with Gasteiger partial charge in [-0.05, 0) is 43.2 Å². The number of rotatable bonds is 8. The Hall–Kier alpha value is -3.66. The van der Waals surface area contributed by atoms with Gasteiger partial charge in [0.25, 0.3) is 5.70 Å². The summed E-state index contributed by atoms with van der Waals surface area (Å²) in [6, 6.07) is 8.71. The maximum atomic E-state index is 14.2. The van der Waals surface area contributed by atoms with E-state index in [1.54, 1.807) is 30.2 Å². The van der Waals surface area contributed by atoms with Crippen LogP contribution in [0.4, 0.5) is 4.39 Å². The zero-order chi connectivity index (χ0) is 25.0.